The van der Waals surface area contributed by atoms with E-state index in [1.54, 1.807) is 16.7 Å². The molecule has 0 aliphatic carbocycles. The number of aromatic nitrogens is 4. The van der Waals surface area contributed by atoms with Crippen LogP contribution in [0, 0.1) is 10.1 Å². The van der Waals surface area contributed by atoms with Gasteiger partial charge in [-0.15, -0.1) is 0 Å². The van der Waals surface area contributed by atoms with Gasteiger partial charge in [-0.3, -0.25) is 24.5 Å². The van der Waals surface area contributed by atoms with Crippen LogP contribution in [0.3, 0.4) is 0 Å². The molecule has 2 N–H and O–H groups in total. The molecule has 0 amide bonds. The van der Waals surface area contributed by atoms with Gasteiger partial charge in [0.15, 0.2) is 11.2 Å². The minimum absolute atomic E-state index is 0.00777. The summed E-state index contributed by atoms with van der Waals surface area (Å²) in [5.74, 6) is 0.327. The van der Waals surface area contributed by atoms with E-state index in [1.165, 1.54) is 30.0 Å². The molecule has 1 aromatic carbocycles. The molecule has 0 aliphatic heterocycles. The Labute approximate surface area is 158 Å². The van der Waals surface area contributed by atoms with Gasteiger partial charge in [-0.25, -0.2) is 10.2 Å². The van der Waals surface area contributed by atoms with Crippen LogP contribution in [-0.2, 0) is 13.6 Å². The van der Waals surface area contributed by atoms with Crippen LogP contribution in [-0.4, -0.2) is 30.2 Å². The Balaban J connectivity index is 1.94. The zero-order chi connectivity index (χ0) is 20.3. The average molecular weight is 385 g/mol. The van der Waals surface area contributed by atoms with Crippen LogP contribution in [0.2, 0.25) is 0 Å². The lowest BCUT2D eigenvalue weighted by atomic mass is 10.2. The second-order valence-electron chi connectivity index (χ2n) is 6.15. The van der Waals surface area contributed by atoms with E-state index in [-0.39, 0.29) is 11.3 Å². The van der Waals surface area contributed by atoms with E-state index in [9.17, 15) is 19.7 Å². The first-order valence-electron chi connectivity index (χ1n) is 8.65. The Bertz CT molecular complexity index is 1160. The van der Waals surface area contributed by atoms with Crippen molar-refractivity contribution >= 4 is 29.0 Å². The van der Waals surface area contributed by atoms with Crippen molar-refractivity contribution in [1.29, 1.82) is 0 Å². The van der Waals surface area contributed by atoms with E-state index in [0.717, 1.165) is 12.8 Å². The number of aromatic amines is 1. The number of anilines is 1. The molecule has 3 rings (SSSR count). The number of hydrazone groups is 1. The molecule has 0 aliphatic rings. The molecule has 28 heavy (non-hydrogen) atoms. The third kappa shape index (κ3) is 3.68. The van der Waals surface area contributed by atoms with Crippen LogP contribution >= 0.6 is 0 Å². The number of nitrogens with one attached hydrogen (secondary N) is 2. The van der Waals surface area contributed by atoms with E-state index in [2.05, 4.69) is 20.5 Å². The molecule has 0 saturated heterocycles. The number of fused-ring (bicyclic) bond motifs is 1. The summed E-state index contributed by atoms with van der Waals surface area (Å²) >= 11 is 0. The molecule has 11 heteroatoms. The van der Waals surface area contributed by atoms with Crippen LogP contribution in [0.25, 0.3) is 11.2 Å². The zero-order valence-electron chi connectivity index (χ0n) is 15.4. The number of rotatable bonds is 7. The number of H-pyrrole nitrogens is 1. The Morgan fingerprint density at radius 3 is 2.68 bits per heavy atom. The summed E-state index contributed by atoms with van der Waals surface area (Å²) in [6.45, 7) is 2.56. The number of nitro benzene ring substituents is 1. The maximum absolute atomic E-state index is 12.3. The third-order valence-electron chi connectivity index (χ3n) is 4.22. The molecular formula is C17H19N7O4. The molecule has 2 heterocycles. The largest absolute Gasteiger partial charge is 0.329 e. The van der Waals surface area contributed by atoms with Gasteiger partial charge in [-0.1, -0.05) is 13.3 Å². The molecule has 0 atom stereocenters. The molecule has 0 fully saturated rings. The van der Waals surface area contributed by atoms with Gasteiger partial charge in [-0.2, -0.15) is 10.1 Å². The maximum Gasteiger partial charge on any atom is 0.329 e. The molecule has 0 unspecified atom stereocenters. The highest BCUT2D eigenvalue weighted by molar-refractivity contribution is 5.81. The second kappa shape index (κ2) is 7.86. The van der Waals surface area contributed by atoms with Gasteiger partial charge in [0, 0.05) is 25.7 Å². The standard InChI is InChI=1S/C17H19N7O4/c1-3-4-9-23-13-14(22(2)17(26)20-15(13)25)19-16(23)21-18-10-11-5-7-12(8-6-11)24(27)28/h5-8,10H,3-4,9H2,1-2H3,(H,19,21)(H,20,25,26). The van der Waals surface area contributed by atoms with Crippen LogP contribution < -0.4 is 16.7 Å². The van der Waals surface area contributed by atoms with Crippen LogP contribution in [0.1, 0.15) is 25.3 Å². The van der Waals surface area contributed by atoms with Crippen molar-refractivity contribution in [2.24, 2.45) is 12.1 Å². The molecule has 0 radical (unpaired) electrons. The summed E-state index contributed by atoms with van der Waals surface area (Å²) in [6, 6.07) is 5.90. The monoisotopic (exact) mass is 385 g/mol. The zero-order valence-corrected chi connectivity index (χ0v) is 15.4. The molecule has 3 aromatic rings. The fraction of sp³-hybridized carbons (Fsp3) is 0.294. The Morgan fingerprint density at radius 1 is 1.32 bits per heavy atom. The summed E-state index contributed by atoms with van der Waals surface area (Å²) < 4.78 is 2.95. The minimum Gasteiger partial charge on any atom is -0.303 e. The number of benzene rings is 1. The molecular weight excluding hydrogens is 366 g/mol. The van der Waals surface area contributed by atoms with Gasteiger partial charge in [-0.05, 0) is 24.1 Å². The molecule has 0 bridgehead atoms. The molecule has 0 saturated carbocycles. The van der Waals surface area contributed by atoms with Crippen LogP contribution in [0.15, 0.2) is 39.0 Å². The first-order valence-corrected chi connectivity index (χ1v) is 8.65. The number of hydrogen-bond donors (Lipinski definition) is 2. The SMILES string of the molecule is CCCCn1c(NN=Cc2ccc([N+](=O)[O-])cc2)nc2c1c(=O)[nH]c(=O)n2C. The average Bonchev–Trinajstić information content (AvgIpc) is 3.04. The van der Waals surface area contributed by atoms with Crippen molar-refractivity contribution in [2.75, 3.05) is 5.43 Å². The highest BCUT2D eigenvalue weighted by Crippen LogP contribution is 2.16. The summed E-state index contributed by atoms with van der Waals surface area (Å²) in [5, 5.41) is 14.8. The molecule has 11 nitrogen and oxygen atoms in total. The molecule has 2 aromatic heterocycles. The predicted octanol–water partition coefficient (Wildman–Crippen LogP) is 1.58. The van der Waals surface area contributed by atoms with Crippen molar-refractivity contribution in [3.8, 4) is 0 Å². The lowest BCUT2D eigenvalue weighted by Crippen LogP contribution is -2.29. The smallest absolute Gasteiger partial charge is 0.303 e. The fourth-order valence-corrected chi connectivity index (χ4v) is 2.70. The van der Waals surface area contributed by atoms with Gasteiger partial charge in [0.05, 0.1) is 11.1 Å². The van der Waals surface area contributed by atoms with Crippen molar-refractivity contribution in [1.82, 2.24) is 19.1 Å². The summed E-state index contributed by atoms with van der Waals surface area (Å²) in [7, 11) is 1.53. The quantitative estimate of drug-likeness (QED) is 0.359. The third-order valence-corrected chi connectivity index (χ3v) is 4.22. The summed E-state index contributed by atoms with van der Waals surface area (Å²) in [4.78, 5) is 40.9. The lowest BCUT2D eigenvalue weighted by molar-refractivity contribution is -0.384. The highest BCUT2D eigenvalue weighted by Gasteiger charge is 2.16. The number of aryl methyl sites for hydroxylation is 2. The van der Waals surface area contributed by atoms with Gasteiger partial charge >= 0.3 is 5.69 Å². The minimum atomic E-state index is -0.543. The number of unbranched alkanes of at least 4 members (excludes halogenated alkanes) is 1. The van der Waals surface area contributed by atoms with E-state index in [1.807, 2.05) is 6.92 Å². The number of non-ortho nitro benzene ring substituents is 1. The lowest BCUT2D eigenvalue weighted by Gasteiger charge is -2.06. The first kappa shape index (κ1) is 19.0. The number of nitro groups is 1. The van der Waals surface area contributed by atoms with E-state index in [4.69, 9.17) is 0 Å². The van der Waals surface area contributed by atoms with Crippen LogP contribution in [0.4, 0.5) is 11.6 Å². The number of hydrogen-bond acceptors (Lipinski definition) is 7. The Hall–Kier alpha value is -3.76. The predicted molar refractivity (Wildman–Crippen MR) is 105 cm³/mol. The Kier molecular flexibility index (Phi) is 5.34. The second-order valence-corrected chi connectivity index (χ2v) is 6.15. The van der Waals surface area contributed by atoms with E-state index < -0.39 is 16.2 Å². The van der Waals surface area contributed by atoms with Crippen LogP contribution in [0.5, 0.6) is 0 Å². The van der Waals surface area contributed by atoms with Gasteiger partial charge in [0.2, 0.25) is 5.95 Å². The van der Waals surface area contributed by atoms with Gasteiger partial charge in [0.25, 0.3) is 11.2 Å². The molecule has 0 spiro atoms. The van der Waals surface area contributed by atoms with E-state index in [0.29, 0.717) is 23.6 Å². The topological polar surface area (TPSA) is 140 Å². The summed E-state index contributed by atoms with van der Waals surface area (Å²) in [6.07, 6.45) is 3.21. The first-order chi connectivity index (χ1) is 13.4. The van der Waals surface area contributed by atoms with Gasteiger partial charge in [0.1, 0.15) is 0 Å². The number of imidazole rings is 1. The van der Waals surface area contributed by atoms with E-state index >= 15 is 0 Å². The summed E-state index contributed by atoms with van der Waals surface area (Å²) in [5.41, 5.74) is 2.94. The van der Waals surface area contributed by atoms with Crippen molar-refractivity contribution < 1.29 is 4.92 Å². The highest BCUT2D eigenvalue weighted by atomic mass is 16.6. The van der Waals surface area contributed by atoms with Crippen molar-refractivity contribution in [2.45, 2.75) is 26.3 Å². The number of nitrogens with zero attached hydrogens (tertiary/aromatic N) is 5. The molecule has 146 valence electrons. The van der Waals surface area contributed by atoms with Crippen molar-refractivity contribution in [3.05, 3.63) is 60.8 Å². The normalized spacial score (nSPS) is 11.4. The fourth-order valence-electron chi connectivity index (χ4n) is 2.70. The van der Waals surface area contributed by atoms with Gasteiger partial charge < -0.3 is 4.57 Å². The Morgan fingerprint density at radius 2 is 2.04 bits per heavy atom. The maximum atomic E-state index is 12.3. The van der Waals surface area contributed by atoms with Crippen molar-refractivity contribution in [3.63, 3.8) is 0 Å².